The lowest BCUT2D eigenvalue weighted by Gasteiger charge is -2.17. The molecule has 3 heteroatoms. The van der Waals surface area contributed by atoms with Crippen LogP contribution in [0.3, 0.4) is 0 Å². The molecule has 0 radical (unpaired) electrons. The van der Waals surface area contributed by atoms with Crippen LogP contribution < -0.4 is 5.32 Å². The summed E-state index contributed by atoms with van der Waals surface area (Å²) >= 11 is 1.57. The molecule has 1 aromatic heterocycles. The Kier molecular flexibility index (Phi) is 3.54. The Balaban J connectivity index is 1.85. The molecule has 0 amide bonds. The molecule has 0 aromatic carbocycles. The van der Waals surface area contributed by atoms with Gasteiger partial charge in [-0.25, -0.2) is 0 Å². The summed E-state index contributed by atoms with van der Waals surface area (Å²) < 4.78 is 0. The van der Waals surface area contributed by atoms with E-state index in [1.807, 2.05) is 12.1 Å². The van der Waals surface area contributed by atoms with Gasteiger partial charge >= 0.3 is 0 Å². The molecular weight excluding hydrogens is 204 g/mol. The van der Waals surface area contributed by atoms with Crippen molar-refractivity contribution in [1.82, 2.24) is 5.32 Å². The van der Waals surface area contributed by atoms with E-state index in [0.717, 1.165) is 11.4 Å². The fourth-order valence-corrected chi connectivity index (χ4v) is 2.50. The Morgan fingerprint density at radius 1 is 1.53 bits per heavy atom. The molecule has 1 unspecified atom stereocenters. The predicted molar refractivity (Wildman–Crippen MR) is 62.7 cm³/mol. The molecule has 1 aromatic rings. The first-order chi connectivity index (χ1) is 7.38. The van der Waals surface area contributed by atoms with Crippen molar-refractivity contribution in [1.29, 1.82) is 5.26 Å². The lowest BCUT2D eigenvalue weighted by atomic mass is 10.0. The predicted octanol–water partition coefficient (Wildman–Crippen LogP) is 2.82. The highest BCUT2D eigenvalue weighted by molar-refractivity contribution is 7.12. The van der Waals surface area contributed by atoms with E-state index in [1.54, 1.807) is 11.3 Å². The van der Waals surface area contributed by atoms with Crippen LogP contribution in [0.4, 0.5) is 0 Å². The maximum Gasteiger partial charge on any atom is 0.110 e. The van der Waals surface area contributed by atoms with Crippen molar-refractivity contribution in [2.75, 3.05) is 0 Å². The van der Waals surface area contributed by atoms with Gasteiger partial charge in [0.05, 0.1) is 0 Å². The molecule has 2 rings (SSSR count). The van der Waals surface area contributed by atoms with E-state index in [2.05, 4.69) is 23.5 Å². The van der Waals surface area contributed by atoms with Crippen LogP contribution in [-0.4, -0.2) is 6.04 Å². The second-order valence-electron chi connectivity index (χ2n) is 3.72. The van der Waals surface area contributed by atoms with Gasteiger partial charge < -0.3 is 5.32 Å². The third-order valence-corrected chi connectivity index (χ3v) is 3.55. The normalized spacial score (nSPS) is 20.1. The summed E-state index contributed by atoms with van der Waals surface area (Å²) in [4.78, 5) is 2.04. The van der Waals surface area contributed by atoms with Gasteiger partial charge in [0.1, 0.15) is 10.9 Å². The molecule has 0 fully saturated rings. The topological polar surface area (TPSA) is 35.8 Å². The van der Waals surface area contributed by atoms with Gasteiger partial charge in [-0.1, -0.05) is 12.2 Å². The average molecular weight is 218 g/mol. The summed E-state index contributed by atoms with van der Waals surface area (Å²) in [5.41, 5.74) is 0. The molecule has 0 bridgehead atoms. The lowest BCUT2D eigenvalue weighted by molar-refractivity contribution is 0.525. The van der Waals surface area contributed by atoms with E-state index in [9.17, 15) is 0 Å². The first kappa shape index (κ1) is 10.4. The number of hydrogen-bond donors (Lipinski definition) is 1. The molecule has 1 aliphatic rings. The Labute approximate surface area is 94.2 Å². The van der Waals surface area contributed by atoms with Gasteiger partial charge in [-0.05, 0) is 31.4 Å². The van der Waals surface area contributed by atoms with Crippen molar-refractivity contribution in [2.24, 2.45) is 0 Å². The summed E-state index contributed by atoms with van der Waals surface area (Å²) in [6.07, 6.45) is 8.23. The molecule has 1 atom stereocenters. The van der Waals surface area contributed by atoms with Crippen LogP contribution in [0.5, 0.6) is 0 Å². The lowest BCUT2D eigenvalue weighted by Crippen LogP contribution is -2.27. The van der Waals surface area contributed by atoms with Gasteiger partial charge in [0.25, 0.3) is 0 Å². The van der Waals surface area contributed by atoms with E-state index in [-0.39, 0.29) is 0 Å². The highest BCUT2D eigenvalue weighted by Gasteiger charge is 2.07. The van der Waals surface area contributed by atoms with Crippen LogP contribution in [0, 0.1) is 11.3 Å². The van der Waals surface area contributed by atoms with Gasteiger partial charge in [0.15, 0.2) is 0 Å². The summed E-state index contributed by atoms with van der Waals surface area (Å²) in [6.45, 7) is 0.876. The third kappa shape index (κ3) is 2.92. The number of thiophene rings is 1. The molecule has 1 aliphatic carbocycles. The fraction of sp³-hybridized carbons (Fsp3) is 0.417. The first-order valence-corrected chi connectivity index (χ1v) is 6.09. The highest BCUT2D eigenvalue weighted by atomic mass is 32.1. The quantitative estimate of drug-likeness (QED) is 0.792. The highest BCUT2D eigenvalue weighted by Crippen LogP contribution is 2.16. The van der Waals surface area contributed by atoms with E-state index in [0.29, 0.717) is 6.04 Å². The van der Waals surface area contributed by atoms with Gasteiger partial charge in [-0.2, -0.15) is 5.26 Å². The van der Waals surface area contributed by atoms with Crippen LogP contribution in [0.15, 0.2) is 24.3 Å². The number of allylic oxidation sites excluding steroid dienone is 1. The van der Waals surface area contributed by atoms with Crippen molar-refractivity contribution in [2.45, 2.75) is 31.8 Å². The number of nitriles is 1. The Morgan fingerprint density at radius 2 is 2.47 bits per heavy atom. The number of hydrogen-bond acceptors (Lipinski definition) is 3. The molecule has 0 saturated heterocycles. The third-order valence-electron chi connectivity index (χ3n) is 2.56. The summed E-state index contributed by atoms with van der Waals surface area (Å²) in [7, 11) is 0. The van der Waals surface area contributed by atoms with Gasteiger partial charge in [-0.3, -0.25) is 0 Å². The maximum atomic E-state index is 8.70. The number of nitrogens with one attached hydrogen (secondary N) is 1. The minimum atomic E-state index is 0.520. The Hall–Kier alpha value is -1.11. The number of rotatable bonds is 3. The second-order valence-corrected chi connectivity index (χ2v) is 4.89. The zero-order valence-corrected chi connectivity index (χ0v) is 9.39. The molecule has 15 heavy (non-hydrogen) atoms. The van der Waals surface area contributed by atoms with Gasteiger partial charge in [0.2, 0.25) is 0 Å². The largest absolute Gasteiger partial charge is 0.306 e. The molecular formula is C12H14N2S. The first-order valence-electron chi connectivity index (χ1n) is 5.27. The SMILES string of the molecule is N#Cc1ccc(CNC2C=CCCC2)s1. The van der Waals surface area contributed by atoms with Gasteiger partial charge in [0, 0.05) is 17.5 Å². The zero-order chi connectivity index (χ0) is 10.5. The van der Waals surface area contributed by atoms with Crippen LogP contribution in [0.2, 0.25) is 0 Å². The van der Waals surface area contributed by atoms with E-state index < -0.39 is 0 Å². The monoisotopic (exact) mass is 218 g/mol. The van der Waals surface area contributed by atoms with Crippen molar-refractivity contribution < 1.29 is 0 Å². The Bertz CT molecular complexity index is 387. The van der Waals surface area contributed by atoms with Crippen LogP contribution in [0.1, 0.15) is 29.0 Å². The molecule has 78 valence electrons. The Morgan fingerprint density at radius 3 is 3.13 bits per heavy atom. The molecule has 1 heterocycles. The van der Waals surface area contributed by atoms with E-state index in [4.69, 9.17) is 5.26 Å². The summed E-state index contributed by atoms with van der Waals surface area (Å²) in [5, 5.41) is 12.2. The molecule has 1 N–H and O–H groups in total. The fourth-order valence-electron chi connectivity index (χ4n) is 1.75. The average Bonchev–Trinajstić information content (AvgIpc) is 2.76. The summed E-state index contributed by atoms with van der Waals surface area (Å²) in [5.74, 6) is 0. The van der Waals surface area contributed by atoms with Crippen LogP contribution in [-0.2, 0) is 6.54 Å². The minimum absolute atomic E-state index is 0.520. The van der Waals surface area contributed by atoms with E-state index in [1.165, 1.54) is 24.1 Å². The smallest absolute Gasteiger partial charge is 0.110 e. The van der Waals surface area contributed by atoms with Gasteiger partial charge in [-0.15, -0.1) is 11.3 Å². The standard InChI is InChI=1S/C12H14N2S/c13-8-11-6-7-12(15-11)9-14-10-4-2-1-3-5-10/h2,4,6-7,10,14H,1,3,5,9H2. The van der Waals surface area contributed by atoms with Crippen LogP contribution in [0.25, 0.3) is 0 Å². The van der Waals surface area contributed by atoms with Crippen molar-refractivity contribution in [3.63, 3.8) is 0 Å². The van der Waals surface area contributed by atoms with Crippen molar-refractivity contribution in [3.8, 4) is 6.07 Å². The zero-order valence-electron chi connectivity index (χ0n) is 8.57. The van der Waals surface area contributed by atoms with E-state index >= 15 is 0 Å². The summed E-state index contributed by atoms with van der Waals surface area (Å²) in [6, 6.07) is 6.60. The molecule has 0 saturated carbocycles. The second kappa shape index (κ2) is 5.11. The molecule has 2 nitrogen and oxygen atoms in total. The van der Waals surface area contributed by atoms with Crippen molar-refractivity contribution in [3.05, 3.63) is 34.0 Å². The number of nitrogens with zero attached hydrogens (tertiary/aromatic N) is 1. The molecule has 0 spiro atoms. The maximum absolute atomic E-state index is 8.70. The van der Waals surface area contributed by atoms with Crippen molar-refractivity contribution >= 4 is 11.3 Å². The molecule has 0 aliphatic heterocycles. The van der Waals surface area contributed by atoms with Crippen LogP contribution >= 0.6 is 11.3 Å². The minimum Gasteiger partial charge on any atom is -0.306 e.